The number of aromatic nitrogens is 4. The maximum absolute atomic E-state index is 6.57. The van der Waals surface area contributed by atoms with Crippen LogP contribution in [-0.2, 0) is 26.5 Å². The Morgan fingerprint density at radius 1 is 0.593 bits per heavy atom. The predicted molar refractivity (Wildman–Crippen MR) is 237 cm³/mol. The van der Waals surface area contributed by atoms with Gasteiger partial charge in [0.15, 0.2) is 5.69 Å². The van der Waals surface area contributed by atoms with Crippen LogP contribution in [0.1, 0.15) is 26.3 Å². The first-order valence-corrected chi connectivity index (χ1v) is 19.4. The second kappa shape index (κ2) is 16.5. The number of hydrogen-bond acceptors (Lipinski definition) is 1. The van der Waals surface area contributed by atoms with Gasteiger partial charge in [-0.1, -0.05) is 178 Å². The van der Waals surface area contributed by atoms with Crippen molar-refractivity contribution in [1.82, 2.24) is 14.1 Å². The molecule has 0 fully saturated rings. The second-order valence-corrected chi connectivity index (χ2v) is 15.3. The average molecular weight is 942 g/mol. The molecule has 0 aliphatic rings. The maximum atomic E-state index is 6.57. The van der Waals surface area contributed by atoms with Gasteiger partial charge >= 0.3 is 0 Å². The Balaban J connectivity index is 0.000000484. The van der Waals surface area contributed by atoms with Crippen molar-refractivity contribution in [2.75, 3.05) is 0 Å². The number of hydrogen-bond donors (Lipinski definition) is 0. The molecular weight excluding hydrogens is 902 g/mol. The Bertz CT molecular complexity index is 2990. The van der Waals surface area contributed by atoms with Gasteiger partial charge in [-0.15, -0.1) is 6.07 Å². The summed E-state index contributed by atoms with van der Waals surface area (Å²) in [6.45, 7) is 13.4. The van der Waals surface area contributed by atoms with E-state index in [1.807, 2.05) is 30.5 Å². The molecule has 0 bridgehead atoms. The van der Waals surface area contributed by atoms with Crippen molar-refractivity contribution in [3.05, 3.63) is 218 Å². The smallest absolute Gasteiger partial charge is 0.268 e. The van der Waals surface area contributed by atoms with Gasteiger partial charge in [-0.05, 0) is 51.6 Å². The minimum Gasteiger partial charge on any atom is -0.319 e. The standard InChI is InChI=1S/C46H35N4.C7H5N.Pt/c1-46(2,3)34-28-35(30-36(29-34)50-41-24-11-10-20-39(41)40-23-15-27-47-45(40)50)48-31-49(43-26-13-12-25-42(43)48)44-37(32-16-6-4-7-17-32)21-14-22-38(44)33-18-8-5-9-19-33;1-8-7-5-3-2-4-6-7;/h4-29H,1-3H3;2-6H;/q-1;;. The van der Waals surface area contributed by atoms with Gasteiger partial charge in [0.1, 0.15) is 5.65 Å². The minimum absolute atomic E-state index is 0. The third-order valence-corrected chi connectivity index (χ3v) is 10.5. The number of nitrogens with zero attached hydrogens (tertiary/aromatic N) is 5. The Hall–Kier alpha value is -6.86. The van der Waals surface area contributed by atoms with Crippen LogP contribution in [0.2, 0.25) is 0 Å². The molecule has 0 aliphatic carbocycles. The molecule has 0 spiro atoms. The monoisotopic (exact) mass is 941 g/mol. The number of benzene rings is 7. The summed E-state index contributed by atoms with van der Waals surface area (Å²) in [6.07, 6.45) is 5.72. The fourth-order valence-corrected chi connectivity index (χ4v) is 7.65. The quantitative estimate of drug-likeness (QED) is 0.125. The summed E-state index contributed by atoms with van der Waals surface area (Å²) >= 11 is 0. The molecule has 3 heterocycles. The molecule has 3 aromatic heterocycles. The molecular formula is C53H40N5Pt-. The number of pyridine rings is 1. The van der Waals surface area contributed by atoms with E-state index in [4.69, 9.17) is 11.6 Å². The third-order valence-electron chi connectivity index (χ3n) is 10.5. The van der Waals surface area contributed by atoms with Gasteiger partial charge in [0, 0.05) is 38.0 Å². The van der Waals surface area contributed by atoms with Crippen LogP contribution >= 0.6 is 0 Å². The largest absolute Gasteiger partial charge is 0.319 e. The molecule has 0 N–H and O–H groups in total. The van der Waals surface area contributed by atoms with E-state index in [9.17, 15) is 0 Å². The third kappa shape index (κ3) is 7.52. The van der Waals surface area contributed by atoms with Crippen molar-refractivity contribution in [3.8, 4) is 39.3 Å². The Morgan fingerprint density at radius 2 is 1.15 bits per heavy atom. The molecule has 0 amide bonds. The van der Waals surface area contributed by atoms with Gasteiger partial charge in [0.2, 0.25) is 0 Å². The normalized spacial score (nSPS) is 11.2. The van der Waals surface area contributed by atoms with E-state index in [0.29, 0.717) is 5.69 Å². The zero-order valence-corrected chi connectivity index (χ0v) is 35.2. The van der Waals surface area contributed by atoms with Crippen molar-refractivity contribution in [3.63, 3.8) is 0 Å². The molecule has 288 valence electrons. The molecule has 0 atom stereocenters. The molecule has 5 nitrogen and oxygen atoms in total. The second-order valence-electron chi connectivity index (χ2n) is 15.3. The number of para-hydroxylation sites is 5. The van der Waals surface area contributed by atoms with E-state index in [2.05, 4.69) is 197 Å². The molecule has 0 aliphatic heterocycles. The van der Waals surface area contributed by atoms with E-state index >= 15 is 0 Å². The zero-order chi connectivity index (χ0) is 39.6. The molecule has 10 aromatic rings. The van der Waals surface area contributed by atoms with Crippen molar-refractivity contribution in [1.29, 1.82) is 0 Å². The van der Waals surface area contributed by atoms with Crippen LogP contribution in [0.5, 0.6) is 0 Å². The SMILES string of the molecule is CC(C)(C)c1cc(-n2[c-][n+](-c3c(-c4ccccc4)cccc3-c3ccccc3)c3ccccc32)[c-]c(-n2c3ccccc3c3cccnc32)c1.[C-]#[N+]c1ccccc1.[Pt]. The van der Waals surface area contributed by atoms with Crippen LogP contribution in [0.4, 0.5) is 5.69 Å². The first-order valence-electron chi connectivity index (χ1n) is 19.4. The van der Waals surface area contributed by atoms with Crippen LogP contribution in [-0.4, -0.2) is 14.1 Å². The van der Waals surface area contributed by atoms with E-state index in [0.717, 1.165) is 66.9 Å². The molecule has 59 heavy (non-hydrogen) atoms. The minimum atomic E-state index is -0.121. The molecule has 0 saturated heterocycles. The first-order chi connectivity index (χ1) is 28.4. The number of fused-ring (bicyclic) bond motifs is 4. The molecule has 7 aromatic carbocycles. The summed E-state index contributed by atoms with van der Waals surface area (Å²) in [5.74, 6) is 0. The molecule has 0 saturated carbocycles. The first kappa shape index (κ1) is 39.0. The van der Waals surface area contributed by atoms with Crippen LogP contribution in [0.25, 0.3) is 77.1 Å². The Morgan fingerprint density at radius 3 is 1.78 bits per heavy atom. The average Bonchev–Trinajstić information content (AvgIpc) is 3.83. The fraction of sp³-hybridized carbons (Fsp3) is 0.0755. The van der Waals surface area contributed by atoms with E-state index < -0.39 is 0 Å². The van der Waals surface area contributed by atoms with E-state index in [1.54, 1.807) is 12.1 Å². The van der Waals surface area contributed by atoms with E-state index in [1.165, 1.54) is 10.9 Å². The molecule has 10 rings (SSSR count). The van der Waals surface area contributed by atoms with Crippen molar-refractivity contribution >= 4 is 38.7 Å². The molecule has 0 unspecified atom stereocenters. The van der Waals surface area contributed by atoms with Gasteiger partial charge in [0.05, 0.1) is 28.8 Å². The summed E-state index contributed by atoms with van der Waals surface area (Å²) in [7, 11) is 0. The van der Waals surface area contributed by atoms with Gasteiger partial charge in [-0.3, -0.25) is 4.57 Å². The Labute approximate surface area is 359 Å². The summed E-state index contributed by atoms with van der Waals surface area (Å²) in [5, 5.41) is 2.30. The van der Waals surface area contributed by atoms with Gasteiger partial charge in [0.25, 0.3) is 6.33 Å². The van der Waals surface area contributed by atoms with Crippen LogP contribution in [0.3, 0.4) is 0 Å². The van der Waals surface area contributed by atoms with Crippen LogP contribution < -0.4 is 4.57 Å². The summed E-state index contributed by atoms with van der Waals surface area (Å²) < 4.78 is 6.66. The summed E-state index contributed by atoms with van der Waals surface area (Å²) in [5.41, 5.74) is 13.4. The van der Waals surface area contributed by atoms with Crippen molar-refractivity contribution < 1.29 is 25.6 Å². The Kier molecular flexibility index (Phi) is 10.9. The van der Waals surface area contributed by atoms with Crippen molar-refractivity contribution in [2.24, 2.45) is 0 Å². The topological polar surface area (TPSA) is 31.0 Å². The molecule has 0 radical (unpaired) electrons. The number of imidazole rings is 1. The van der Waals surface area contributed by atoms with Gasteiger partial charge < -0.3 is 9.13 Å². The van der Waals surface area contributed by atoms with E-state index in [-0.39, 0.29) is 26.5 Å². The van der Waals surface area contributed by atoms with Crippen LogP contribution in [0, 0.1) is 19.0 Å². The van der Waals surface area contributed by atoms with Crippen molar-refractivity contribution in [2.45, 2.75) is 26.2 Å². The predicted octanol–water partition coefficient (Wildman–Crippen LogP) is 12.9. The zero-order valence-electron chi connectivity index (χ0n) is 33.0. The fourth-order valence-electron chi connectivity index (χ4n) is 7.65. The van der Waals surface area contributed by atoms with Crippen LogP contribution in [0.15, 0.2) is 188 Å². The summed E-state index contributed by atoms with van der Waals surface area (Å²) in [4.78, 5) is 8.10. The maximum Gasteiger partial charge on any atom is 0.268 e. The van der Waals surface area contributed by atoms with Gasteiger partial charge in [-0.25, -0.2) is 9.83 Å². The molecule has 6 heteroatoms. The number of rotatable bonds is 5. The summed E-state index contributed by atoms with van der Waals surface area (Å²) in [6, 6.07) is 66.7. The van der Waals surface area contributed by atoms with Gasteiger partial charge in [-0.2, -0.15) is 17.7 Å².